The highest BCUT2D eigenvalue weighted by atomic mass is 15.6. The molecular weight excluding hydrogens is 138 g/mol. The van der Waals surface area contributed by atoms with E-state index in [0.717, 1.165) is 13.2 Å². The van der Waals surface area contributed by atoms with Crippen molar-refractivity contribution < 1.29 is 0 Å². The van der Waals surface area contributed by atoms with Crippen molar-refractivity contribution in [3.05, 3.63) is 0 Å². The summed E-state index contributed by atoms with van der Waals surface area (Å²) in [6.45, 7) is 10.4. The highest BCUT2D eigenvalue weighted by molar-refractivity contribution is 5.87. The molecule has 1 rings (SSSR count). The molecule has 0 aliphatic carbocycles. The van der Waals surface area contributed by atoms with E-state index in [0.29, 0.717) is 0 Å². The maximum absolute atomic E-state index is 4.39. The molecule has 3 heteroatoms. The normalized spacial score (nSPS) is 18.9. The van der Waals surface area contributed by atoms with Crippen molar-refractivity contribution in [1.82, 2.24) is 10.4 Å². The first-order valence-electron chi connectivity index (χ1n) is 4.11. The summed E-state index contributed by atoms with van der Waals surface area (Å²) in [6.07, 6.45) is 0. The van der Waals surface area contributed by atoms with Crippen molar-refractivity contribution in [3.8, 4) is 0 Å². The third kappa shape index (κ3) is 1.71. The van der Waals surface area contributed by atoms with Gasteiger partial charge in [-0.25, -0.2) is 5.43 Å². The second-order valence-corrected chi connectivity index (χ2v) is 3.79. The molecule has 64 valence electrons. The van der Waals surface area contributed by atoms with Crippen molar-refractivity contribution >= 4 is 5.84 Å². The lowest BCUT2D eigenvalue weighted by atomic mass is 9.95. The highest BCUT2D eigenvalue weighted by Crippen LogP contribution is 2.19. The van der Waals surface area contributed by atoms with Crippen molar-refractivity contribution in [1.29, 1.82) is 0 Å². The van der Waals surface area contributed by atoms with Crippen LogP contribution in [-0.2, 0) is 0 Å². The molecular formula is C8H17N3. The third-order valence-corrected chi connectivity index (χ3v) is 1.73. The van der Waals surface area contributed by atoms with E-state index in [-0.39, 0.29) is 5.41 Å². The van der Waals surface area contributed by atoms with Gasteiger partial charge in [0, 0.05) is 12.0 Å². The van der Waals surface area contributed by atoms with Crippen LogP contribution in [0.3, 0.4) is 0 Å². The Bertz CT molecular complexity index is 167. The summed E-state index contributed by atoms with van der Waals surface area (Å²) in [5.41, 5.74) is 3.36. The number of hydrogen-bond donors (Lipinski definition) is 1. The minimum Gasteiger partial charge on any atom is -0.294 e. The van der Waals surface area contributed by atoms with Crippen LogP contribution in [0.1, 0.15) is 27.7 Å². The van der Waals surface area contributed by atoms with Crippen LogP contribution in [0.2, 0.25) is 0 Å². The molecule has 0 spiro atoms. The Labute approximate surface area is 68.5 Å². The van der Waals surface area contributed by atoms with Gasteiger partial charge >= 0.3 is 0 Å². The predicted octanol–water partition coefficient (Wildman–Crippen LogP) is 1.23. The van der Waals surface area contributed by atoms with Crippen LogP contribution in [0.4, 0.5) is 0 Å². The van der Waals surface area contributed by atoms with Crippen LogP contribution in [0, 0.1) is 5.41 Å². The number of nitrogens with one attached hydrogen (secondary N) is 1. The zero-order valence-corrected chi connectivity index (χ0v) is 7.81. The molecule has 1 heterocycles. The van der Waals surface area contributed by atoms with E-state index < -0.39 is 0 Å². The van der Waals surface area contributed by atoms with E-state index >= 15 is 0 Å². The summed E-state index contributed by atoms with van der Waals surface area (Å²) in [5.74, 6) is 1.17. The smallest absolute Gasteiger partial charge is 0.120 e. The SMILES string of the molecule is CCN1NCN=C1C(C)(C)C. The lowest BCUT2D eigenvalue weighted by molar-refractivity contribution is 0.328. The van der Waals surface area contributed by atoms with Gasteiger partial charge in [-0.15, -0.1) is 0 Å². The Morgan fingerprint density at radius 3 is 2.55 bits per heavy atom. The van der Waals surface area contributed by atoms with Crippen LogP contribution in [0.25, 0.3) is 0 Å². The van der Waals surface area contributed by atoms with Gasteiger partial charge in [0.15, 0.2) is 0 Å². The standard InChI is InChI=1S/C8H17N3/c1-5-11-7(8(2,3)4)9-6-10-11/h10H,5-6H2,1-4H3. The van der Waals surface area contributed by atoms with Gasteiger partial charge in [0.05, 0.1) is 0 Å². The van der Waals surface area contributed by atoms with Gasteiger partial charge in [-0.1, -0.05) is 20.8 Å². The van der Waals surface area contributed by atoms with Crippen LogP contribution in [0.5, 0.6) is 0 Å². The molecule has 0 aromatic heterocycles. The van der Waals surface area contributed by atoms with Crippen molar-refractivity contribution in [3.63, 3.8) is 0 Å². The zero-order valence-electron chi connectivity index (χ0n) is 7.81. The first-order chi connectivity index (χ1) is 5.05. The van der Waals surface area contributed by atoms with Crippen molar-refractivity contribution in [2.75, 3.05) is 13.2 Å². The van der Waals surface area contributed by atoms with Gasteiger partial charge in [-0.3, -0.25) is 10.0 Å². The fourth-order valence-corrected chi connectivity index (χ4v) is 1.26. The van der Waals surface area contributed by atoms with E-state index in [2.05, 4.69) is 43.1 Å². The fraction of sp³-hybridized carbons (Fsp3) is 0.875. The molecule has 0 saturated carbocycles. The molecule has 0 saturated heterocycles. The first-order valence-corrected chi connectivity index (χ1v) is 4.11. The quantitative estimate of drug-likeness (QED) is 0.616. The van der Waals surface area contributed by atoms with Crippen LogP contribution < -0.4 is 5.43 Å². The zero-order chi connectivity index (χ0) is 8.48. The van der Waals surface area contributed by atoms with E-state index in [9.17, 15) is 0 Å². The molecule has 0 fully saturated rings. The summed E-state index contributed by atoms with van der Waals surface area (Å²) < 4.78 is 0. The average Bonchev–Trinajstić information content (AvgIpc) is 2.31. The van der Waals surface area contributed by atoms with Gasteiger partial charge in [-0.05, 0) is 6.92 Å². The maximum Gasteiger partial charge on any atom is 0.120 e. The summed E-state index contributed by atoms with van der Waals surface area (Å²) in [7, 11) is 0. The van der Waals surface area contributed by atoms with Crippen LogP contribution >= 0.6 is 0 Å². The Morgan fingerprint density at radius 1 is 1.55 bits per heavy atom. The summed E-state index contributed by atoms with van der Waals surface area (Å²) >= 11 is 0. The van der Waals surface area contributed by atoms with Crippen molar-refractivity contribution in [2.24, 2.45) is 10.4 Å². The molecule has 0 unspecified atom stereocenters. The number of hydrogen-bond acceptors (Lipinski definition) is 3. The first kappa shape index (κ1) is 8.53. The van der Waals surface area contributed by atoms with Gasteiger partial charge < -0.3 is 0 Å². The number of rotatable bonds is 1. The molecule has 0 amide bonds. The lowest BCUT2D eigenvalue weighted by Gasteiger charge is -2.27. The van der Waals surface area contributed by atoms with E-state index in [1.54, 1.807) is 0 Å². The molecule has 3 nitrogen and oxygen atoms in total. The maximum atomic E-state index is 4.39. The van der Waals surface area contributed by atoms with E-state index in [1.165, 1.54) is 5.84 Å². The number of amidine groups is 1. The second-order valence-electron chi connectivity index (χ2n) is 3.79. The van der Waals surface area contributed by atoms with Crippen LogP contribution in [0.15, 0.2) is 4.99 Å². The van der Waals surface area contributed by atoms with Gasteiger partial charge in [0.25, 0.3) is 0 Å². The molecule has 0 bridgehead atoms. The molecule has 1 N–H and O–H groups in total. The number of aliphatic imine (C=N–C) groups is 1. The molecule has 11 heavy (non-hydrogen) atoms. The summed E-state index contributed by atoms with van der Waals surface area (Å²) in [4.78, 5) is 4.39. The Balaban J connectivity index is 2.71. The molecule has 0 aromatic carbocycles. The Morgan fingerprint density at radius 2 is 2.18 bits per heavy atom. The molecule has 1 aliphatic heterocycles. The number of hydrazine groups is 1. The fourth-order valence-electron chi connectivity index (χ4n) is 1.26. The van der Waals surface area contributed by atoms with Gasteiger partial charge in [0.2, 0.25) is 0 Å². The average molecular weight is 155 g/mol. The Kier molecular flexibility index (Phi) is 2.18. The molecule has 1 aliphatic rings. The minimum absolute atomic E-state index is 0.166. The molecule has 0 radical (unpaired) electrons. The minimum atomic E-state index is 0.166. The van der Waals surface area contributed by atoms with Gasteiger partial charge in [-0.2, -0.15) is 0 Å². The van der Waals surface area contributed by atoms with Crippen molar-refractivity contribution in [2.45, 2.75) is 27.7 Å². The predicted molar refractivity (Wildman–Crippen MR) is 47.3 cm³/mol. The highest BCUT2D eigenvalue weighted by Gasteiger charge is 2.26. The largest absolute Gasteiger partial charge is 0.294 e. The second kappa shape index (κ2) is 2.81. The molecule has 0 atom stereocenters. The lowest BCUT2D eigenvalue weighted by Crippen LogP contribution is -2.42. The topological polar surface area (TPSA) is 27.6 Å². The molecule has 0 aromatic rings. The van der Waals surface area contributed by atoms with Gasteiger partial charge in [0.1, 0.15) is 12.5 Å². The van der Waals surface area contributed by atoms with E-state index in [1.807, 2.05) is 0 Å². The number of nitrogens with zero attached hydrogens (tertiary/aromatic N) is 2. The summed E-state index contributed by atoms with van der Waals surface area (Å²) in [5, 5.41) is 2.11. The summed E-state index contributed by atoms with van der Waals surface area (Å²) in [6, 6.07) is 0. The Hall–Kier alpha value is -0.570. The third-order valence-electron chi connectivity index (χ3n) is 1.73. The van der Waals surface area contributed by atoms with E-state index in [4.69, 9.17) is 0 Å². The van der Waals surface area contributed by atoms with Crippen LogP contribution in [-0.4, -0.2) is 24.1 Å². The monoisotopic (exact) mass is 155 g/mol.